The summed E-state index contributed by atoms with van der Waals surface area (Å²) in [5.41, 5.74) is 3.33. The van der Waals surface area contributed by atoms with E-state index in [9.17, 15) is 4.79 Å². The Hall–Kier alpha value is -2.75. The lowest BCUT2D eigenvalue weighted by Gasteiger charge is -2.21. The summed E-state index contributed by atoms with van der Waals surface area (Å²) in [4.78, 5) is 14.6. The van der Waals surface area contributed by atoms with Gasteiger partial charge in [0.1, 0.15) is 11.5 Å². The van der Waals surface area contributed by atoms with E-state index in [1.807, 2.05) is 43.3 Å². The average molecular weight is 392 g/mol. The molecule has 0 spiro atoms. The fourth-order valence-corrected chi connectivity index (χ4v) is 3.39. The largest absolute Gasteiger partial charge is 0.493 e. The number of benzene rings is 2. The van der Waals surface area contributed by atoms with Crippen LogP contribution in [0.1, 0.15) is 50.7 Å². The van der Waals surface area contributed by atoms with Crippen LogP contribution in [0.4, 0.5) is 5.69 Å². The number of ether oxygens (including phenoxy) is 2. The second-order valence-corrected chi connectivity index (χ2v) is 9.23. The van der Waals surface area contributed by atoms with Crippen molar-refractivity contribution in [1.82, 2.24) is 0 Å². The predicted molar refractivity (Wildman–Crippen MR) is 116 cm³/mol. The minimum absolute atomic E-state index is 0.100. The van der Waals surface area contributed by atoms with Gasteiger partial charge in [0.15, 0.2) is 5.76 Å². The van der Waals surface area contributed by atoms with Gasteiger partial charge in [-0.3, -0.25) is 4.79 Å². The summed E-state index contributed by atoms with van der Waals surface area (Å²) in [6, 6.07) is 14.0. The van der Waals surface area contributed by atoms with Crippen molar-refractivity contribution in [3.63, 3.8) is 0 Å². The molecule has 1 aliphatic carbocycles. The molecule has 0 aromatic heterocycles. The number of hydrogen-bond acceptors (Lipinski definition) is 3. The molecular weight excluding hydrogens is 362 g/mol. The zero-order valence-corrected chi connectivity index (χ0v) is 17.7. The normalized spacial score (nSPS) is 16.8. The van der Waals surface area contributed by atoms with Gasteiger partial charge < -0.3 is 14.4 Å². The van der Waals surface area contributed by atoms with E-state index >= 15 is 0 Å². The first kappa shape index (κ1) is 19.6. The molecule has 29 heavy (non-hydrogen) atoms. The van der Waals surface area contributed by atoms with Crippen LogP contribution in [0.5, 0.6) is 11.5 Å². The lowest BCUT2D eigenvalue weighted by molar-refractivity contribution is -0.116. The van der Waals surface area contributed by atoms with Gasteiger partial charge in [-0.1, -0.05) is 32.9 Å². The van der Waals surface area contributed by atoms with Crippen LogP contribution in [0.2, 0.25) is 0 Å². The van der Waals surface area contributed by atoms with Gasteiger partial charge >= 0.3 is 0 Å². The third-order valence-electron chi connectivity index (χ3n) is 5.20. The Morgan fingerprint density at radius 3 is 2.41 bits per heavy atom. The van der Waals surface area contributed by atoms with E-state index in [0.717, 1.165) is 17.0 Å². The lowest BCUT2D eigenvalue weighted by atomic mass is 9.98. The maximum Gasteiger partial charge on any atom is 0.294 e. The summed E-state index contributed by atoms with van der Waals surface area (Å²) in [6.45, 7) is 9.60. The Balaban J connectivity index is 1.40. The zero-order valence-electron chi connectivity index (χ0n) is 17.7. The number of hydrogen-bond donors (Lipinski definition) is 0. The SMILES string of the molecule is Cc1cc(N2CC=C(Oc3ccc(C4CC4)cc3)C2=O)ccc1OCC(C)(C)C. The molecule has 1 saturated carbocycles. The van der Waals surface area contributed by atoms with Gasteiger partial charge in [0.05, 0.1) is 6.61 Å². The van der Waals surface area contributed by atoms with Crippen molar-refractivity contribution in [3.8, 4) is 11.5 Å². The van der Waals surface area contributed by atoms with Crippen molar-refractivity contribution >= 4 is 11.6 Å². The van der Waals surface area contributed by atoms with Crippen LogP contribution in [0, 0.1) is 12.3 Å². The number of carbonyl (C=O) groups excluding carboxylic acids is 1. The van der Waals surface area contributed by atoms with Gasteiger partial charge in [-0.05, 0) is 78.6 Å². The molecule has 4 heteroatoms. The highest BCUT2D eigenvalue weighted by atomic mass is 16.5. The van der Waals surface area contributed by atoms with Gasteiger partial charge in [0.2, 0.25) is 0 Å². The van der Waals surface area contributed by atoms with Crippen LogP contribution in [0.15, 0.2) is 54.3 Å². The van der Waals surface area contributed by atoms with E-state index in [1.54, 1.807) is 4.90 Å². The van der Waals surface area contributed by atoms with Crippen molar-refractivity contribution in [2.75, 3.05) is 18.1 Å². The number of amides is 1. The van der Waals surface area contributed by atoms with E-state index in [1.165, 1.54) is 18.4 Å². The smallest absolute Gasteiger partial charge is 0.294 e. The summed E-state index contributed by atoms with van der Waals surface area (Å²) in [5.74, 6) is 2.55. The number of carbonyl (C=O) groups is 1. The maximum atomic E-state index is 12.9. The Kier molecular flexibility index (Phi) is 5.12. The van der Waals surface area contributed by atoms with E-state index in [2.05, 4.69) is 32.9 Å². The van der Waals surface area contributed by atoms with E-state index in [-0.39, 0.29) is 11.3 Å². The molecular formula is C25H29NO3. The molecule has 1 fully saturated rings. The van der Waals surface area contributed by atoms with Crippen molar-refractivity contribution < 1.29 is 14.3 Å². The molecule has 152 valence electrons. The molecule has 2 aromatic rings. The molecule has 1 aliphatic heterocycles. The average Bonchev–Trinajstić information content (AvgIpc) is 3.46. The van der Waals surface area contributed by atoms with Crippen molar-refractivity contribution in [2.45, 2.75) is 46.5 Å². The van der Waals surface area contributed by atoms with Crippen LogP contribution >= 0.6 is 0 Å². The first-order valence-corrected chi connectivity index (χ1v) is 10.3. The minimum Gasteiger partial charge on any atom is -0.493 e. The second-order valence-electron chi connectivity index (χ2n) is 9.23. The summed E-state index contributed by atoms with van der Waals surface area (Å²) < 4.78 is 11.8. The molecule has 0 atom stereocenters. The topological polar surface area (TPSA) is 38.8 Å². The highest BCUT2D eigenvalue weighted by molar-refractivity contribution is 6.07. The van der Waals surface area contributed by atoms with Gasteiger partial charge in [0.25, 0.3) is 5.91 Å². The maximum absolute atomic E-state index is 12.9. The van der Waals surface area contributed by atoms with Crippen LogP contribution in [-0.4, -0.2) is 19.1 Å². The Morgan fingerprint density at radius 2 is 1.79 bits per heavy atom. The third-order valence-corrected chi connectivity index (χ3v) is 5.20. The van der Waals surface area contributed by atoms with Gasteiger partial charge in [-0.2, -0.15) is 0 Å². The molecule has 0 saturated heterocycles. The van der Waals surface area contributed by atoms with Crippen molar-refractivity contribution in [3.05, 3.63) is 65.4 Å². The van der Waals surface area contributed by atoms with E-state index in [0.29, 0.717) is 30.6 Å². The summed E-state index contributed by atoms with van der Waals surface area (Å²) >= 11 is 0. The van der Waals surface area contributed by atoms with Crippen LogP contribution in [-0.2, 0) is 4.79 Å². The zero-order chi connectivity index (χ0) is 20.6. The molecule has 0 unspecified atom stereocenters. The second kappa shape index (κ2) is 7.58. The van der Waals surface area contributed by atoms with Crippen molar-refractivity contribution in [1.29, 1.82) is 0 Å². The fourth-order valence-electron chi connectivity index (χ4n) is 3.39. The van der Waals surface area contributed by atoms with Gasteiger partial charge in [0, 0.05) is 12.2 Å². The molecule has 0 bridgehead atoms. The van der Waals surface area contributed by atoms with E-state index in [4.69, 9.17) is 9.47 Å². The fraction of sp³-hybridized carbons (Fsp3) is 0.400. The van der Waals surface area contributed by atoms with Crippen LogP contribution in [0.3, 0.4) is 0 Å². The van der Waals surface area contributed by atoms with Gasteiger partial charge in [-0.15, -0.1) is 0 Å². The third kappa shape index (κ3) is 4.64. The van der Waals surface area contributed by atoms with Crippen molar-refractivity contribution in [2.24, 2.45) is 5.41 Å². The Labute approximate surface area is 173 Å². The molecule has 2 aliphatic rings. The lowest BCUT2D eigenvalue weighted by Crippen LogP contribution is -2.27. The number of nitrogens with zero attached hydrogens (tertiary/aromatic N) is 1. The minimum atomic E-state index is -0.112. The highest BCUT2D eigenvalue weighted by Crippen LogP contribution is 2.40. The number of aryl methyl sites for hydroxylation is 1. The quantitative estimate of drug-likeness (QED) is 0.643. The predicted octanol–water partition coefficient (Wildman–Crippen LogP) is 5.61. The standard InChI is InChI=1S/C25H29NO3/c1-17-15-20(9-12-22(17)28-16-25(2,3)4)26-14-13-23(24(26)27)29-21-10-7-19(8-11-21)18-5-6-18/h7-13,15,18H,5-6,14,16H2,1-4H3. The Morgan fingerprint density at radius 1 is 1.07 bits per heavy atom. The van der Waals surface area contributed by atoms with Crippen LogP contribution in [0.25, 0.3) is 0 Å². The number of anilines is 1. The monoisotopic (exact) mass is 391 g/mol. The molecule has 0 radical (unpaired) electrons. The molecule has 2 aromatic carbocycles. The summed E-state index contributed by atoms with van der Waals surface area (Å²) in [5, 5.41) is 0. The summed E-state index contributed by atoms with van der Waals surface area (Å²) in [7, 11) is 0. The molecule has 4 rings (SSSR count). The highest BCUT2D eigenvalue weighted by Gasteiger charge is 2.28. The van der Waals surface area contributed by atoms with E-state index < -0.39 is 0 Å². The molecule has 4 nitrogen and oxygen atoms in total. The Bertz CT molecular complexity index is 934. The number of rotatable bonds is 6. The molecule has 1 heterocycles. The summed E-state index contributed by atoms with van der Waals surface area (Å²) in [6.07, 6.45) is 4.40. The van der Waals surface area contributed by atoms with Gasteiger partial charge in [-0.25, -0.2) is 0 Å². The first-order valence-electron chi connectivity index (χ1n) is 10.3. The molecule has 1 amide bonds. The van der Waals surface area contributed by atoms with Crippen LogP contribution < -0.4 is 14.4 Å². The molecule has 0 N–H and O–H groups in total. The first-order chi connectivity index (χ1) is 13.8.